The van der Waals surface area contributed by atoms with E-state index in [9.17, 15) is 4.79 Å². The molecule has 0 unspecified atom stereocenters. The van der Waals surface area contributed by atoms with E-state index in [-0.39, 0.29) is 6.03 Å². The molecule has 4 rings (SSSR count). The third-order valence-electron chi connectivity index (χ3n) is 4.72. The van der Waals surface area contributed by atoms with Crippen LogP contribution in [0.5, 0.6) is 0 Å². The van der Waals surface area contributed by atoms with E-state index in [0.29, 0.717) is 11.9 Å². The molecule has 132 valence electrons. The van der Waals surface area contributed by atoms with E-state index >= 15 is 0 Å². The summed E-state index contributed by atoms with van der Waals surface area (Å²) < 4.78 is 0. The topological polar surface area (TPSA) is 106 Å². The number of hydrogen-bond acceptors (Lipinski definition) is 5. The molecule has 1 saturated carbocycles. The van der Waals surface area contributed by atoms with Gasteiger partial charge in [-0.3, -0.25) is 4.98 Å². The van der Waals surface area contributed by atoms with E-state index in [1.807, 2.05) is 24.3 Å². The first-order valence-electron chi connectivity index (χ1n) is 8.73. The van der Waals surface area contributed by atoms with Gasteiger partial charge in [0.15, 0.2) is 0 Å². The third kappa shape index (κ3) is 3.28. The number of benzene rings is 1. The minimum Gasteiger partial charge on any atom is -0.383 e. The van der Waals surface area contributed by atoms with Gasteiger partial charge in [0.05, 0.1) is 10.9 Å². The van der Waals surface area contributed by atoms with Crippen LogP contribution >= 0.6 is 0 Å². The van der Waals surface area contributed by atoms with E-state index in [0.717, 1.165) is 40.6 Å². The number of hydrogen-bond donors (Lipinski definition) is 3. The molecule has 0 aliphatic heterocycles. The maximum Gasteiger partial charge on any atom is 0.319 e. The zero-order valence-corrected chi connectivity index (χ0v) is 14.3. The van der Waals surface area contributed by atoms with Crippen molar-refractivity contribution in [3.8, 4) is 11.1 Å². The number of anilines is 2. The Bertz CT molecular complexity index is 934. The van der Waals surface area contributed by atoms with Crippen molar-refractivity contribution in [2.45, 2.75) is 31.7 Å². The molecule has 7 nitrogen and oxygen atoms in total. The molecule has 2 aromatic heterocycles. The van der Waals surface area contributed by atoms with Crippen LogP contribution in [0.15, 0.2) is 43.0 Å². The number of pyridine rings is 1. The summed E-state index contributed by atoms with van der Waals surface area (Å²) in [5.41, 5.74) is 9.22. The number of fused-ring (bicyclic) bond motifs is 1. The number of nitrogens with zero attached hydrogens (tertiary/aromatic N) is 3. The van der Waals surface area contributed by atoms with Crippen molar-refractivity contribution in [2.75, 3.05) is 11.1 Å². The summed E-state index contributed by atoms with van der Waals surface area (Å²) in [7, 11) is 0. The fraction of sp³-hybridized carbons (Fsp3) is 0.263. The highest BCUT2D eigenvalue weighted by atomic mass is 16.2. The van der Waals surface area contributed by atoms with Crippen LogP contribution in [0.25, 0.3) is 22.0 Å². The first kappa shape index (κ1) is 16.3. The van der Waals surface area contributed by atoms with Crippen LogP contribution in [0.3, 0.4) is 0 Å². The Kier molecular flexibility index (Phi) is 4.35. The largest absolute Gasteiger partial charge is 0.383 e. The van der Waals surface area contributed by atoms with Gasteiger partial charge in [0.2, 0.25) is 0 Å². The molecule has 1 aliphatic carbocycles. The Morgan fingerprint density at radius 2 is 1.85 bits per heavy atom. The highest BCUT2D eigenvalue weighted by Gasteiger charge is 2.17. The molecule has 0 atom stereocenters. The summed E-state index contributed by atoms with van der Waals surface area (Å²) in [4.78, 5) is 24.6. The predicted molar refractivity (Wildman–Crippen MR) is 102 cm³/mol. The Balaban J connectivity index is 1.53. The molecule has 3 aromatic rings. The number of aromatic nitrogens is 3. The zero-order chi connectivity index (χ0) is 17.9. The minimum atomic E-state index is -0.156. The molecule has 7 heteroatoms. The van der Waals surface area contributed by atoms with Crippen molar-refractivity contribution in [3.05, 3.63) is 43.0 Å². The van der Waals surface area contributed by atoms with E-state index in [4.69, 9.17) is 5.73 Å². The highest BCUT2D eigenvalue weighted by molar-refractivity contribution is 5.97. The van der Waals surface area contributed by atoms with Crippen molar-refractivity contribution >= 4 is 28.4 Å². The fourth-order valence-corrected chi connectivity index (χ4v) is 3.37. The molecular weight excluding hydrogens is 328 g/mol. The minimum absolute atomic E-state index is 0.156. The molecule has 26 heavy (non-hydrogen) atoms. The van der Waals surface area contributed by atoms with Gasteiger partial charge in [-0.05, 0) is 30.5 Å². The second-order valence-corrected chi connectivity index (χ2v) is 6.50. The molecule has 0 radical (unpaired) electrons. The van der Waals surface area contributed by atoms with Crippen molar-refractivity contribution in [1.29, 1.82) is 0 Å². The third-order valence-corrected chi connectivity index (χ3v) is 4.72. The van der Waals surface area contributed by atoms with Gasteiger partial charge in [0, 0.05) is 29.7 Å². The molecular formula is C19H20N6O. The molecule has 1 aliphatic rings. The first-order chi connectivity index (χ1) is 12.7. The van der Waals surface area contributed by atoms with Crippen molar-refractivity contribution in [3.63, 3.8) is 0 Å². The normalized spacial score (nSPS) is 14.5. The van der Waals surface area contributed by atoms with Gasteiger partial charge in [-0.1, -0.05) is 25.0 Å². The predicted octanol–water partition coefficient (Wildman–Crippen LogP) is 3.34. The van der Waals surface area contributed by atoms with Crippen LogP contribution in [0.4, 0.5) is 16.3 Å². The van der Waals surface area contributed by atoms with Crippen LogP contribution < -0.4 is 16.4 Å². The lowest BCUT2D eigenvalue weighted by Gasteiger charge is -2.13. The van der Waals surface area contributed by atoms with Crippen molar-refractivity contribution < 1.29 is 4.79 Å². The highest BCUT2D eigenvalue weighted by Crippen LogP contribution is 2.28. The molecule has 4 N–H and O–H groups in total. The van der Waals surface area contributed by atoms with Crippen LogP contribution in [0, 0.1) is 0 Å². The summed E-state index contributed by atoms with van der Waals surface area (Å²) in [6, 6.07) is 7.73. The second kappa shape index (κ2) is 6.95. The Labute approximate surface area is 151 Å². The van der Waals surface area contributed by atoms with Crippen LogP contribution in [-0.4, -0.2) is 27.0 Å². The molecule has 0 saturated heterocycles. The summed E-state index contributed by atoms with van der Waals surface area (Å²) in [5.74, 6) is 0.409. The Morgan fingerprint density at radius 3 is 2.62 bits per heavy atom. The van der Waals surface area contributed by atoms with Gasteiger partial charge in [-0.25, -0.2) is 14.8 Å². The zero-order valence-electron chi connectivity index (χ0n) is 14.3. The van der Waals surface area contributed by atoms with E-state index in [2.05, 4.69) is 25.6 Å². The molecule has 2 amide bonds. The molecule has 0 bridgehead atoms. The fourth-order valence-electron chi connectivity index (χ4n) is 3.37. The Morgan fingerprint density at radius 1 is 1.08 bits per heavy atom. The molecule has 1 fully saturated rings. The smallest absolute Gasteiger partial charge is 0.319 e. The standard InChI is InChI=1S/C19H20N6O/c20-18-16-10-21-9-15(17(16)22-11-23-18)12-5-7-14(8-6-12)25-19(26)24-13-3-1-2-4-13/h5-11,13H,1-4H2,(H2,20,22,23)(H2,24,25,26). The summed E-state index contributed by atoms with van der Waals surface area (Å²) in [6.45, 7) is 0. The number of amides is 2. The van der Waals surface area contributed by atoms with Crippen LogP contribution in [0.1, 0.15) is 25.7 Å². The molecule has 1 aromatic carbocycles. The lowest BCUT2D eigenvalue weighted by Crippen LogP contribution is -2.36. The monoisotopic (exact) mass is 348 g/mol. The van der Waals surface area contributed by atoms with Gasteiger partial charge in [-0.2, -0.15) is 0 Å². The van der Waals surface area contributed by atoms with Crippen LogP contribution in [0.2, 0.25) is 0 Å². The lowest BCUT2D eigenvalue weighted by molar-refractivity contribution is 0.248. The van der Waals surface area contributed by atoms with Gasteiger partial charge >= 0.3 is 6.03 Å². The van der Waals surface area contributed by atoms with Crippen molar-refractivity contribution in [1.82, 2.24) is 20.3 Å². The van der Waals surface area contributed by atoms with Gasteiger partial charge in [-0.15, -0.1) is 0 Å². The summed E-state index contributed by atoms with van der Waals surface area (Å²) >= 11 is 0. The summed E-state index contributed by atoms with van der Waals surface area (Å²) in [5, 5.41) is 6.62. The average molecular weight is 348 g/mol. The van der Waals surface area contributed by atoms with Gasteiger partial charge in [0.1, 0.15) is 12.1 Å². The van der Waals surface area contributed by atoms with Gasteiger partial charge < -0.3 is 16.4 Å². The number of rotatable bonds is 3. The quantitative estimate of drug-likeness (QED) is 0.673. The lowest BCUT2D eigenvalue weighted by atomic mass is 10.0. The second-order valence-electron chi connectivity index (χ2n) is 6.50. The maximum atomic E-state index is 12.1. The SMILES string of the molecule is Nc1ncnc2c(-c3ccc(NC(=O)NC4CCCC4)cc3)cncc12. The van der Waals surface area contributed by atoms with Gasteiger partial charge in [0.25, 0.3) is 0 Å². The maximum absolute atomic E-state index is 12.1. The van der Waals surface area contributed by atoms with Crippen LogP contribution in [-0.2, 0) is 0 Å². The summed E-state index contributed by atoms with van der Waals surface area (Å²) in [6.07, 6.45) is 9.36. The van der Waals surface area contributed by atoms with E-state index in [1.54, 1.807) is 12.4 Å². The van der Waals surface area contributed by atoms with E-state index in [1.165, 1.54) is 19.2 Å². The number of nitrogens with one attached hydrogen (secondary N) is 2. The first-order valence-corrected chi connectivity index (χ1v) is 8.73. The number of urea groups is 1. The van der Waals surface area contributed by atoms with Crippen molar-refractivity contribution in [2.24, 2.45) is 0 Å². The molecule has 2 heterocycles. The number of nitrogens with two attached hydrogens (primary N) is 1. The number of carbonyl (C=O) groups excluding carboxylic acids is 1. The van der Waals surface area contributed by atoms with E-state index < -0.39 is 0 Å². The Hall–Kier alpha value is -3.22. The number of carbonyl (C=O) groups is 1. The average Bonchev–Trinajstić information content (AvgIpc) is 3.15. The number of nitrogen functional groups attached to an aromatic ring is 1. The molecule has 0 spiro atoms.